The van der Waals surface area contributed by atoms with Crippen LogP contribution >= 0.6 is 0 Å². The Morgan fingerprint density at radius 3 is 2.14 bits per heavy atom. The first kappa shape index (κ1) is 13.6. The molecular formula is C7H12F5NO. The van der Waals surface area contributed by atoms with E-state index in [1.54, 1.807) is 7.05 Å². The highest BCUT2D eigenvalue weighted by Crippen LogP contribution is 2.35. The summed E-state index contributed by atoms with van der Waals surface area (Å²) in [7, 11) is 1.64. The van der Waals surface area contributed by atoms with E-state index in [4.69, 9.17) is 0 Å². The number of ether oxygens (including phenoxy) is 1. The van der Waals surface area contributed by atoms with Crippen LogP contribution in [-0.4, -0.2) is 38.9 Å². The summed E-state index contributed by atoms with van der Waals surface area (Å²) in [4.78, 5) is 0. The number of nitrogens with one attached hydrogen (secondary N) is 1. The summed E-state index contributed by atoms with van der Waals surface area (Å²) in [5, 5.41) is 2.71. The molecule has 2 nitrogen and oxygen atoms in total. The minimum atomic E-state index is -5.53. The molecule has 0 fully saturated rings. The zero-order chi connectivity index (χ0) is 11.2. The number of rotatable bonds is 6. The maximum atomic E-state index is 12.2. The van der Waals surface area contributed by atoms with Crippen molar-refractivity contribution in [1.82, 2.24) is 5.32 Å². The Kier molecular flexibility index (Phi) is 5.28. The largest absolute Gasteiger partial charge is 0.455 e. The van der Waals surface area contributed by atoms with Gasteiger partial charge in [0.15, 0.2) is 0 Å². The number of hydrogen-bond acceptors (Lipinski definition) is 2. The fraction of sp³-hybridized carbons (Fsp3) is 1.00. The highest BCUT2D eigenvalue weighted by molar-refractivity contribution is 4.74. The van der Waals surface area contributed by atoms with Gasteiger partial charge in [-0.05, 0) is 20.0 Å². The van der Waals surface area contributed by atoms with Crippen molar-refractivity contribution in [2.45, 2.75) is 18.5 Å². The van der Waals surface area contributed by atoms with Gasteiger partial charge in [-0.3, -0.25) is 0 Å². The van der Waals surface area contributed by atoms with Gasteiger partial charge in [0.1, 0.15) is 6.61 Å². The minimum Gasteiger partial charge on any atom is -0.375 e. The molecule has 0 aliphatic carbocycles. The van der Waals surface area contributed by atoms with Gasteiger partial charge < -0.3 is 10.1 Å². The van der Waals surface area contributed by atoms with E-state index in [9.17, 15) is 22.0 Å². The Labute approximate surface area is 78.4 Å². The molecule has 0 radical (unpaired) electrons. The fourth-order valence-corrected chi connectivity index (χ4v) is 0.633. The molecule has 0 aliphatic rings. The van der Waals surface area contributed by atoms with Crippen LogP contribution < -0.4 is 5.32 Å². The quantitative estimate of drug-likeness (QED) is 0.545. The summed E-state index contributed by atoms with van der Waals surface area (Å²) < 4.78 is 63.3. The number of halogens is 5. The molecule has 0 bridgehead atoms. The van der Waals surface area contributed by atoms with Crippen LogP contribution in [0.15, 0.2) is 0 Å². The third-order valence-electron chi connectivity index (χ3n) is 1.41. The van der Waals surface area contributed by atoms with Gasteiger partial charge >= 0.3 is 12.1 Å². The van der Waals surface area contributed by atoms with Crippen molar-refractivity contribution < 1.29 is 26.7 Å². The Hall–Kier alpha value is -0.430. The molecule has 0 saturated heterocycles. The molecule has 0 saturated carbocycles. The zero-order valence-electron chi connectivity index (χ0n) is 7.63. The average Bonchev–Trinajstić information content (AvgIpc) is 2.02. The number of hydrogen-bond donors (Lipinski definition) is 1. The summed E-state index contributed by atoms with van der Waals surface area (Å²) in [6.45, 7) is -1.22. The van der Waals surface area contributed by atoms with E-state index in [0.29, 0.717) is 13.0 Å². The second kappa shape index (κ2) is 5.45. The molecule has 0 aromatic carbocycles. The van der Waals surface area contributed by atoms with Crippen molar-refractivity contribution in [2.24, 2.45) is 0 Å². The second-order valence-electron chi connectivity index (χ2n) is 2.71. The van der Waals surface area contributed by atoms with Crippen LogP contribution in [0.2, 0.25) is 0 Å². The van der Waals surface area contributed by atoms with Crippen LogP contribution in [-0.2, 0) is 4.74 Å². The molecule has 0 heterocycles. The monoisotopic (exact) mass is 221 g/mol. The summed E-state index contributed by atoms with van der Waals surface area (Å²) >= 11 is 0. The molecule has 0 amide bonds. The van der Waals surface area contributed by atoms with Gasteiger partial charge in [0.05, 0.1) is 0 Å². The van der Waals surface area contributed by atoms with Gasteiger partial charge in [-0.1, -0.05) is 0 Å². The molecule has 0 aromatic rings. The third-order valence-corrected chi connectivity index (χ3v) is 1.41. The van der Waals surface area contributed by atoms with Gasteiger partial charge in [-0.15, -0.1) is 0 Å². The van der Waals surface area contributed by atoms with Crippen LogP contribution in [0.5, 0.6) is 0 Å². The Morgan fingerprint density at radius 2 is 1.71 bits per heavy atom. The topological polar surface area (TPSA) is 21.3 Å². The van der Waals surface area contributed by atoms with E-state index in [2.05, 4.69) is 10.1 Å². The first-order valence-electron chi connectivity index (χ1n) is 3.98. The summed E-state index contributed by atoms with van der Waals surface area (Å²) in [6, 6.07) is 0. The van der Waals surface area contributed by atoms with Crippen LogP contribution in [0.1, 0.15) is 6.42 Å². The van der Waals surface area contributed by atoms with Crippen molar-refractivity contribution in [3.63, 3.8) is 0 Å². The Bertz CT molecular complexity index is 159. The summed E-state index contributed by atoms with van der Waals surface area (Å²) in [5.41, 5.74) is 0. The molecular weight excluding hydrogens is 209 g/mol. The Balaban J connectivity index is 3.67. The molecule has 0 aromatic heterocycles. The maximum absolute atomic E-state index is 12.2. The lowest BCUT2D eigenvalue weighted by Gasteiger charge is -2.19. The van der Waals surface area contributed by atoms with Crippen LogP contribution in [0, 0.1) is 0 Å². The predicted octanol–water partition coefficient (Wildman–Crippen LogP) is 1.81. The standard InChI is InChI=1S/C7H12F5NO/c1-13-3-2-4-14-5-6(8,9)7(10,11)12/h13H,2-5H2,1H3. The molecule has 0 atom stereocenters. The minimum absolute atomic E-state index is 0.119. The summed E-state index contributed by atoms with van der Waals surface area (Å²) in [5.74, 6) is -4.76. The van der Waals surface area contributed by atoms with Crippen LogP contribution in [0.25, 0.3) is 0 Å². The van der Waals surface area contributed by atoms with Crippen molar-refractivity contribution in [1.29, 1.82) is 0 Å². The van der Waals surface area contributed by atoms with E-state index < -0.39 is 18.7 Å². The van der Waals surface area contributed by atoms with Gasteiger partial charge in [0.2, 0.25) is 0 Å². The molecule has 1 N–H and O–H groups in total. The molecule has 0 spiro atoms. The van der Waals surface area contributed by atoms with Crippen molar-refractivity contribution in [3.05, 3.63) is 0 Å². The highest BCUT2D eigenvalue weighted by Gasteiger charge is 2.57. The van der Waals surface area contributed by atoms with Gasteiger partial charge in [-0.25, -0.2) is 0 Å². The average molecular weight is 221 g/mol. The maximum Gasteiger partial charge on any atom is 0.455 e. The molecule has 14 heavy (non-hydrogen) atoms. The van der Waals surface area contributed by atoms with Gasteiger partial charge in [-0.2, -0.15) is 22.0 Å². The molecule has 86 valence electrons. The first-order chi connectivity index (χ1) is 6.31. The van der Waals surface area contributed by atoms with Gasteiger partial charge in [0.25, 0.3) is 0 Å². The van der Waals surface area contributed by atoms with E-state index in [1.807, 2.05) is 0 Å². The van der Waals surface area contributed by atoms with Crippen molar-refractivity contribution in [3.8, 4) is 0 Å². The Morgan fingerprint density at radius 1 is 1.14 bits per heavy atom. The van der Waals surface area contributed by atoms with E-state index in [0.717, 1.165) is 0 Å². The first-order valence-corrected chi connectivity index (χ1v) is 3.98. The normalized spacial score (nSPS) is 13.3. The van der Waals surface area contributed by atoms with Gasteiger partial charge in [0, 0.05) is 6.61 Å². The molecule has 7 heteroatoms. The fourth-order valence-electron chi connectivity index (χ4n) is 0.633. The summed E-state index contributed by atoms with van der Waals surface area (Å²) in [6.07, 6.45) is -5.14. The lowest BCUT2D eigenvalue weighted by atomic mass is 10.3. The lowest BCUT2D eigenvalue weighted by Crippen LogP contribution is -2.40. The van der Waals surface area contributed by atoms with Crippen LogP contribution in [0.3, 0.4) is 0 Å². The lowest BCUT2D eigenvalue weighted by molar-refractivity contribution is -0.296. The van der Waals surface area contributed by atoms with Crippen LogP contribution in [0.4, 0.5) is 22.0 Å². The molecule has 0 rings (SSSR count). The zero-order valence-corrected chi connectivity index (χ0v) is 7.63. The van der Waals surface area contributed by atoms with E-state index in [1.165, 1.54) is 0 Å². The smallest absolute Gasteiger partial charge is 0.375 e. The SMILES string of the molecule is CNCCCOCC(F)(F)C(F)(F)F. The third kappa shape index (κ3) is 4.71. The second-order valence-corrected chi connectivity index (χ2v) is 2.71. The predicted molar refractivity (Wildman–Crippen MR) is 40.4 cm³/mol. The number of alkyl halides is 5. The molecule has 0 aliphatic heterocycles. The van der Waals surface area contributed by atoms with E-state index in [-0.39, 0.29) is 6.61 Å². The van der Waals surface area contributed by atoms with E-state index >= 15 is 0 Å². The highest BCUT2D eigenvalue weighted by atomic mass is 19.4. The van der Waals surface area contributed by atoms with Crippen molar-refractivity contribution in [2.75, 3.05) is 26.8 Å². The molecule has 0 unspecified atom stereocenters. The van der Waals surface area contributed by atoms with Crippen molar-refractivity contribution >= 4 is 0 Å².